The van der Waals surface area contributed by atoms with E-state index >= 15 is 0 Å². The van der Waals surface area contributed by atoms with Crippen molar-refractivity contribution in [2.24, 2.45) is 0 Å². The summed E-state index contributed by atoms with van der Waals surface area (Å²) in [6, 6.07) is 7.11. The van der Waals surface area contributed by atoms with Gasteiger partial charge in [0.25, 0.3) is 8.32 Å². The van der Waals surface area contributed by atoms with Crippen LogP contribution in [0.2, 0.25) is 36.3 Å². The van der Waals surface area contributed by atoms with Crippen molar-refractivity contribution in [3.8, 4) is 0 Å². The normalized spacial score (nSPS) is 16.3. The van der Waals surface area contributed by atoms with Crippen LogP contribution in [-0.2, 0) is 8.85 Å². The van der Waals surface area contributed by atoms with E-state index in [9.17, 15) is 0 Å². The molecule has 0 atom stereocenters. The Bertz CT molecular complexity index is 441. The lowest BCUT2D eigenvalue weighted by molar-refractivity contribution is 0.335. The van der Waals surface area contributed by atoms with Crippen LogP contribution in [0.3, 0.4) is 0 Å². The number of rotatable bonds is 10. The van der Waals surface area contributed by atoms with Crippen LogP contribution in [0.1, 0.15) is 61.8 Å². The van der Waals surface area contributed by atoms with Crippen molar-refractivity contribution < 1.29 is 8.85 Å². The summed E-state index contributed by atoms with van der Waals surface area (Å²) in [6.45, 7) is 18.2. The first-order valence-electron chi connectivity index (χ1n) is 9.64. The fraction of sp³-hybridized carbons (Fsp3) is 0.789. The van der Waals surface area contributed by atoms with Crippen LogP contribution in [0, 0.1) is 0 Å². The van der Waals surface area contributed by atoms with Crippen molar-refractivity contribution in [1.82, 2.24) is 0 Å². The van der Waals surface area contributed by atoms with Crippen molar-refractivity contribution in [3.63, 3.8) is 0 Å². The van der Waals surface area contributed by atoms with E-state index in [1.54, 1.807) is 0 Å². The molecule has 0 aromatic carbocycles. The van der Waals surface area contributed by atoms with Gasteiger partial charge in [0.2, 0.25) is 8.32 Å². The molecule has 4 heteroatoms. The Kier molecular flexibility index (Phi) is 7.65. The summed E-state index contributed by atoms with van der Waals surface area (Å²) in [6.07, 6.45) is 0.956. The fourth-order valence-corrected chi connectivity index (χ4v) is 8.74. The standard InChI is InChI=1S/C19H38O2Si2/c1-9-22(10-2,11-3)20-18-15-16(7)17(8)19(18)21-23(12-4,13-5)14-6/h9-15H2,1-8H3. The smallest absolute Gasteiger partial charge is 0.250 e. The summed E-state index contributed by atoms with van der Waals surface area (Å²) in [4.78, 5) is 0. The highest BCUT2D eigenvalue weighted by Crippen LogP contribution is 2.40. The number of allylic oxidation sites excluding steroid dienone is 2. The van der Waals surface area contributed by atoms with Gasteiger partial charge in [0.05, 0.1) is 0 Å². The Morgan fingerprint density at radius 3 is 1.48 bits per heavy atom. The second-order valence-corrected chi connectivity index (χ2v) is 16.4. The predicted octanol–water partition coefficient (Wildman–Crippen LogP) is 6.98. The maximum absolute atomic E-state index is 6.78. The van der Waals surface area contributed by atoms with Crippen molar-refractivity contribution in [1.29, 1.82) is 0 Å². The summed E-state index contributed by atoms with van der Waals surface area (Å²) < 4.78 is 13.5. The lowest BCUT2D eigenvalue weighted by Crippen LogP contribution is -2.38. The zero-order chi connectivity index (χ0) is 17.7. The first-order chi connectivity index (χ1) is 10.9. The molecule has 0 aromatic rings. The number of hydrogen-bond donors (Lipinski definition) is 0. The Morgan fingerprint density at radius 2 is 1.09 bits per heavy atom. The fourth-order valence-electron chi connectivity index (χ4n) is 3.48. The van der Waals surface area contributed by atoms with Crippen molar-refractivity contribution >= 4 is 16.6 Å². The van der Waals surface area contributed by atoms with E-state index in [0.717, 1.165) is 17.9 Å². The first kappa shape index (κ1) is 20.6. The molecule has 0 saturated carbocycles. The topological polar surface area (TPSA) is 18.5 Å². The molecule has 0 spiro atoms. The van der Waals surface area contributed by atoms with Gasteiger partial charge in [0.1, 0.15) is 11.5 Å². The quantitative estimate of drug-likeness (QED) is 0.394. The molecule has 0 unspecified atom stereocenters. The molecule has 23 heavy (non-hydrogen) atoms. The molecule has 0 fully saturated rings. The zero-order valence-corrected chi connectivity index (χ0v) is 18.8. The van der Waals surface area contributed by atoms with E-state index in [4.69, 9.17) is 8.85 Å². The summed E-state index contributed by atoms with van der Waals surface area (Å²) in [5.41, 5.74) is 2.76. The molecule has 0 N–H and O–H groups in total. The minimum atomic E-state index is -1.66. The SMILES string of the molecule is CC[Si](CC)(CC)OC1=C(O[Si](CC)(CC)CC)C(C)=C(C)C1. The van der Waals surface area contributed by atoms with Crippen molar-refractivity contribution in [2.75, 3.05) is 0 Å². The molecule has 0 radical (unpaired) electrons. The van der Waals surface area contributed by atoms with E-state index in [1.165, 1.54) is 47.4 Å². The van der Waals surface area contributed by atoms with Crippen LogP contribution >= 0.6 is 0 Å². The minimum absolute atomic E-state index is 0.956. The molecular formula is C19H38O2Si2. The Labute approximate surface area is 146 Å². The van der Waals surface area contributed by atoms with Gasteiger partial charge in [0, 0.05) is 6.42 Å². The maximum atomic E-state index is 6.78. The van der Waals surface area contributed by atoms with Gasteiger partial charge in [-0.05, 0) is 55.7 Å². The molecule has 0 amide bonds. The zero-order valence-electron chi connectivity index (χ0n) is 16.8. The van der Waals surface area contributed by atoms with Gasteiger partial charge in [-0.2, -0.15) is 0 Å². The van der Waals surface area contributed by atoms with E-state index in [0.29, 0.717) is 0 Å². The molecule has 2 nitrogen and oxygen atoms in total. The maximum Gasteiger partial charge on any atom is 0.250 e. The molecule has 1 aliphatic rings. The van der Waals surface area contributed by atoms with Gasteiger partial charge in [-0.25, -0.2) is 0 Å². The van der Waals surface area contributed by atoms with Gasteiger partial charge in [-0.1, -0.05) is 47.1 Å². The molecule has 134 valence electrons. The lowest BCUT2D eigenvalue weighted by atomic mass is 10.2. The molecule has 0 heterocycles. The van der Waals surface area contributed by atoms with Gasteiger partial charge in [-0.15, -0.1) is 0 Å². The van der Waals surface area contributed by atoms with Gasteiger partial charge in [0.15, 0.2) is 0 Å². The van der Waals surface area contributed by atoms with E-state index in [1.807, 2.05) is 0 Å². The first-order valence-corrected chi connectivity index (χ1v) is 14.7. The second kappa shape index (κ2) is 8.56. The molecule has 0 aliphatic heterocycles. The molecule has 0 bridgehead atoms. The monoisotopic (exact) mass is 354 g/mol. The summed E-state index contributed by atoms with van der Waals surface area (Å²) in [5.74, 6) is 2.27. The predicted molar refractivity (Wildman–Crippen MR) is 107 cm³/mol. The third-order valence-electron chi connectivity index (χ3n) is 6.18. The van der Waals surface area contributed by atoms with Crippen molar-refractivity contribution in [2.45, 2.75) is 98.1 Å². The van der Waals surface area contributed by atoms with Crippen LogP contribution < -0.4 is 0 Å². The van der Waals surface area contributed by atoms with Crippen molar-refractivity contribution in [3.05, 3.63) is 22.7 Å². The average molecular weight is 355 g/mol. The second-order valence-electron chi connectivity index (χ2n) is 7.03. The van der Waals surface area contributed by atoms with Crippen LogP contribution in [-0.4, -0.2) is 16.6 Å². The number of hydrogen-bond acceptors (Lipinski definition) is 2. The highest BCUT2D eigenvalue weighted by atomic mass is 28.4. The van der Waals surface area contributed by atoms with E-state index in [-0.39, 0.29) is 0 Å². The minimum Gasteiger partial charge on any atom is -0.544 e. The van der Waals surface area contributed by atoms with Gasteiger partial charge < -0.3 is 8.85 Å². The van der Waals surface area contributed by atoms with Crippen LogP contribution in [0.25, 0.3) is 0 Å². The molecule has 1 aliphatic carbocycles. The Hall–Kier alpha value is -0.486. The van der Waals surface area contributed by atoms with Gasteiger partial charge in [-0.3, -0.25) is 0 Å². The van der Waals surface area contributed by atoms with Crippen LogP contribution in [0.5, 0.6) is 0 Å². The molecular weight excluding hydrogens is 316 g/mol. The largest absolute Gasteiger partial charge is 0.544 e. The van der Waals surface area contributed by atoms with E-state index < -0.39 is 16.6 Å². The molecule has 0 aromatic heterocycles. The average Bonchev–Trinajstić information content (AvgIpc) is 2.84. The highest BCUT2D eigenvalue weighted by Gasteiger charge is 2.38. The van der Waals surface area contributed by atoms with Crippen LogP contribution in [0.4, 0.5) is 0 Å². The van der Waals surface area contributed by atoms with E-state index in [2.05, 4.69) is 55.4 Å². The lowest BCUT2D eigenvalue weighted by Gasteiger charge is -2.34. The highest BCUT2D eigenvalue weighted by molar-refractivity contribution is 6.74. The summed E-state index contributed by atoms with van der Waals surface area (Å²) in [5, 5.41) is 0. The van der Waals surface area contributed by atoms with Crippen LogP contribution in [0.15, 0.2) is 22.7 Å². The Morgan fingerprint density at radius 1 is 0.696 bits per heavy atom. The summed E-state index contributed by atoms with van der Waals surface area (Å²) in [7, 11) is -3.30. The third kappa shape index (κ3) is 4.33. The molecule has 0 saturated heterocycles. The molecule has 1 rings (SSSR count). The Balaban J connectivity index is 3.18. The third-order valence-corrected chi connectivity index (χ3v) is 15.2. The van der Waals surface area contributed by atoms with Gasteiger partial charge >= 0.3 is 0 Å². The summed E-state index contributed by atoms with van der Waals surface area (Å²) >= 11 is 0.